The van der Waals surface area contributed by atoms with Crippen molar-refractivity contribution in [3.63, 3.8) is 0 Å². The van der Waals surface area contributed by atoms with Gasteiger partial charge in [0.2, 0.25) is 5.91 Å². The normalized spacial score (nSPS) is 10.2. The maximum absolute atomic E-state index is 11.3. The van der Waals surface area contributed by atoms with Gasteiger partial charge in [0, 0.05) is 18.0 Å². The fraction of sp³-hybridized carbons (Fsp3) is 0.500. The molecule has 0 saturated carbocycles. The van der Waals surface area contributed by atoms with E-state index in [1.54, 1.807) is 0 Å². The molecular weight excluding hydrogens is 296 g/mol. The molecule has 0 unspecified atom stereocenters. The summed E-state index contributed by atoms with van der Waals surface area (Å²) in [4.78, 5) is 13.6. The summed E-state index contributed by atoms with van der Waals surface area (Å²) in [7, 11) is 0. The lowest BCUT2D eigenvalue weighted by Crippen LogP contribution is -2.25. The molecule has 1 rings (SSSR count). The minimum absolute atomic E-state index is 0.0679. The third-order valence-corrected chi connectivity index (χ3v) is 3.54. The Labute approximate surface area is 139 Å². The fourth-order valence-electron chi connectivity index (χ4n) is 2.09. The van der Waals surface area contributed by atoms with Crippen molar-refractivity contribution in [2.45, 2.75) is 39.7 Å². The lowest BCUT2D eigenvalue weighted by Gasteiger charge is -2.19. The van der Waals surface area contributed by atoms with E-state index in [9.17, 15) is 4.79 Å². The molecule has 0 fully saturated rings. The van der Waals surface area contributed by atoms with Gasteiger partial charge in [-0.05, 0) is 31.0 Å². The topological polar surface area (TPSA) is 32.3 Å². The van der Waals surface area contributed by atoms with Crippen LogP contribution in [0.5, 0.6) is 0 Å². The third-order valence-electron chi connectivity index (χ3n) is 3.17. The Kier molecular flexibility index (Phi) is 9.37. The second-order valence-electron chi connectivity index (χ2n) is 5.18. The molecule has 0 bridgehead atoms. The van der Waals surface area contributed by atoms with Crippen LogP contribution in [0.15, 0.2) is 24.3 Å². The van der Waals surface area contributed by atoms with Gasteiger partial charge in [-0.2, -0.15) is 0 Å². The van der Waals surface area contributed by atoms with E-state index in [0.29, 0.717) is 19.5 Å². The molecular formula is C18H25ClN2O. The molecule has 0 heterocycles. The van der Waals surface area contributed by atoms with E-state index in [1.807, 2.05) is 31.2 Å². The number of nitrogens with zero attached hydrogens (tertiary/aromatic N) is 1. The summed E-state index contributed by atoms with van der Waals surface area (Å²) in [6.45, 7) is 7.01. The summed E-state index contributed by atoms with van der Waals surface area (Å²) < 4.78 is 0. The third kappa shape index (κ3) is 7.49. The van der Waals surface area contributed by atoms with E-state index in [4.69, 9.17) is 11.6 Å². The Morgan fingerprint density at radius 1 is 1.23 bits per heavy atom. The Bertz CT molecular complexity index is 519. The molecule has 0 atom stereocenters. The summed E-state index contributed by atoms with van der Waals surface area (Å²) in [6.07, 6.45) is 2.50. The van der Waals surface area contributed by atoms with Crippen molar-refractivity contribution in [2.24, 2.45) is 0 Å². The summed E-state index contributed by atoms with van der Waals surface area (Å²) in [5, 5.41) is 3.59. The van der Waals surface area contributed by atoms with Gasteiger partial charge >= 0.3 is 0 Å². The molecule has 0 radical (unpaired) electrons. The predicted octanol–water partition coefficient (Wildman–Crippen LogP) is 3.47. The quantitative estimate of drug-likeness (QED) is 0.744. The molecule has 22 heavy (non-hydrogen) atoms. The zero-order valence-corrected chi connectivity index (χ0v) is 14.2. The molecule has 0 spiro atoms. The number of carbonyl (C=O) groups excluding carboxylic acids is 1. The summed E-state index contributed by atoms with van der Waals surface area (Å²) in [5.41, 5.74) is 1.12. The van der Waals surface area contributed by atoms with Gasteiger partial charge in [0.1, 0.15) is 0 Å². The van der Waals surface area contributed by atoms with E-state index in [1.165, 1.54) is 0 Å². The molecule has 0 aliphatic heterocycles. The lowest BCUT2D eigenvalue weighted by molar-refractivity contribution is -0.120. The smallest absolute Gasteiger partial charge is 0.220 e. The highest BCUT2D eigenvalue weighted by Gasteiger charge is 2.06. The number of hydrogen-bond donors (Lipinski definition) is 1. The zero-order valence-electron chi connectivity index (χ0n) is 13.5. The second-order valence-corrected chi connectivity index (χ2v) is 5.59. The molecule has 1 aromatic carbocycles. The first-order valence-corrected chi connectivity index (χ1v) is 8.23. The SMILES string of the molecule is CCCC(=O)NCC#CCN(CCC)Cc1ccccc1Cl. The lowest BCUT2D eigenvalue weighted by atomic mass is 10.2. The Hall–Kier alpha value is -1.50. The molecule has 0 aromatic heterocycles. The van der Waals surface area contributed by atoms with Crippen molar-refractivity contribution in [3.05, 3.63) is 34.9 Å². The summed E-state index contributed by atoms with van der Waals surface area (Å²) in [6, 6.07) is 7.90. The average Bonchev–Trinajstić information content (AvgIpc) is 2.49. The molecule has 0 saturated heterocycles. The van der Waals surface area contributed by atoms with Gasteiger partial charge in [-0.25, -0.2) is 0 Å². The first-order valence-electron chi connectivity index (χ1n) is 7.85. The van der Waals surface area contributed by atoms with E-state index in [0.717, 1.165) is 36.5 Å². The van der Waals surface area contributed by atoms with Gasteiger partial charge in [0.25, 0.3) is 0 Å². The molecule has 1 N–H and O–H groups in total. The van der Waals surface area contributed by atoms with E-state index < -0.39 is 0 Å². The maximum atomic E-state index is 11.3. The predicted molar refractivity (Wildman–Crippen MR) is 92.7 cm³/mol. The number of nitrogens with one attached hydrogen (secondary N) is 1. The first kappa shape index (κ1) is 18.5. The van der Waals surface area contributed by atoms with Crippen LogP contribution >= 0.6 is 11.6 Å². The van der Waals surface area contributed by atoms with Crippen LogP contribution in [0.2, 0.25) is 5.02 Å². The standard InChI is InChI=1S/C18H25ClN2O/c1-3-9-18(22)20-12-7-8-14-21(13-4-2)15-16-10-5-6-11-17(16)19/h5-6,10-11H,3-4,9,12-15H2,1-2H3,(H,20,22). The van der Waals surface area contributed by atoms with Gasteiger partial charge < -0.3 is 5.32 Å². The van der Waals surface area contributed by atoms with Crippen LogP contribution in [-0.4, -0.2) is 30.4 Å². The van der Waals surface area contributed by atoms with Crippen molar-refractivity contribution >= 4 is 17.5 Å². The van der Waals surface area contributed by atoms with Crippen molar-refractivity contribution in [1.82, 2.24) is 10.2 Å². The van der Waals surface area contributed by atoms with E-state index in [2.05, 4.69) is 29.0 Å². The van der Waals surface area contributed by atoms with Crippen LogP contribution in [0, 0.1) is 11.8 Å². The largest absolute Gasteiger partial charge is 0.345 e. The molecule has 4 heteroatoms. The monoisotopic (exact) mass is 320 g/mol. The molecule has 1 amide bonds. The minimum Gasteiger partial charge on any atom is -0.345 e. The molecule has 3 nitrogen and oxygen atoms in total. The average molecular weight is 321 g/mol. The number of amides is 1. The molecule has 0 aliphatic rings. The van der Waals surface area contributed by atoms with E-state index in [-0.39, 0.29) is 5.91 Å². The zero-order chi connectivity index (χ0) is 16.2. The number of benzene rings is 1. The number of hydrogen-bond acceptors (Lipinski definition) is 2. The van der Waals surface area contributed by atoms with Crippen LogP contribution < -0.4 is 5.32 Å². The van der Waals surface area contributed by atoms with Crippen LogP contribution in [0.1, 0.15) is 38.7 Å². The highest BCUT2D eigenvalue weighted by Crippen LogP contribution is 2.16. The fourth-order valence-corrected chi connectivity index (χ4v) is 2.28. The number of carbonyl (C=O) groups is 1. The second kappa shape index (κ2) is 11.1. The molecule has 120 valence electrons. The van der Waals surface area contributed by atoms with Gasteiger partial charge in [-0.3, -0.25) is 9.69 Å². The van der Waals surface area contributed by atoms with Gasteiger partial charge in [-0.1, -0.05) is 55.5 Å². The maximum Gasteiger partial charge on any atom is 0.220 e. The highest BCUT2D eigenvalue weighted by atomic mass is 35.5. The summed E-state index contributed by atoms with van der Waals surface area (Å²) in [5.74, 6) is 6.20. The Balaban J connectivity index is 2.45. The van der Waals surface area contributed by atoms with Crippen LogP contribution in [0.4, 0.5) is 0 Å². The summed E-state index contributed by atoms with van der Waals surface area (Å²) >= 11 is 6.21. The molecule has 0 aliphatic carbocycles. The Morgan fingerprint density at radius 3 is 2.68 bits per heavy atom. The van der Waals surface area contributed by atoms with Gasteiger partial charge in [-0.15, -0.1) is 0 Å². The van der Waals surface area contributed by atoms with Crippen molar-refractivity contribution in [3.8, 4) is 11.8 Å². The van der Waals surface area contributed by atoms with E-state index >= 15 is 0 Å². The van der Waals surface area contributed by atoms with Crippen molar-refractivity contribution in [1.29, 1.82) is 0 Å². The van der Waals surface area contributed by atoms with Crippen molar-refractivity contribution < 1.29 is 4.79 Å². The number of rotatable bonds is 8. The van der Waals surface area contributed by atoms with Gasteiger partial charge in [0.15, 0.2) is 0 Å². The van der Waals surface area contributed by atoms with Gasteiger partial charge in [0.05, 0.1) is 13.1 Å². The molecule has 1 aromatic rings. The number of halogens is 1. The van der Waals surface area contributed by atoms with Crippen molar-refractivity contribution in [2.75, 3.05) is 19.6 Å². The Morgan fingerprint density at radius 2 is 2.00 bits per heavy atom. The van der Waals surface area contributed by atoms with Crippen LogP contribution in [0.25, 0.3) is 0 Å². The first-order chi connectivity index (χ1) is 10.7. The van der Waals surface area contributed by atoms with Crippen LogP contribution in [0.3, 0.4) is 0 Å². The minimum atomic E-state index is 0.0679. The highest BCUT2D eigenvalue weighted by molar-refractivity contribution is 6.31. The van der Waals surface area contributed by atoms with Crippen LogP contribution in [-0.2, 0) is 11.3 Å².